The van der Waals surface area contributed by atoms with Gasteiger partial charge in [0.05, 0.1) is 0 Å². The van der Waals surface area contributed by atoms with Crippen LogP contribution in [-0.4, -0.2) is 37.9 Å². The number of hydrogen-bond donors (Lipinski definition) is 2. The second-order valence-electron chi connectivity index (χ2n) is 4.66. The van der Waals surface area contributed by atoms with Crippen LogP contribution in [-0.2, 0) is 10.2 Å². The molecule has 0 amide bonds. The minimum absolute atomic E-state index is 0. The maximum Gasteiger partial charge on any atom is 0.279 e. The molecule has 1 saturated heterocycles. The van der Waals surface area contributed by atoms with Crippen molar-refractivity contribution in [1.29, 1.82) is 0 Å². The molecule has 2 fully saturated rings. The van der Waals surface area contributed by atoms with E-state index in [4.69, 9.17) is 5.73 Å². The van der Waals surface area contributed by atoms with Crippen LogP contribution in [0.3, 0.4) is 0 Å². The Morgan fingerprint density at radius 1 is 1.50 bits per heavy atom. The summed E-state index contributed by atoms with van der Waals surface area (Å²) >= 11 is 0. The summed E-state index contributed by atoms with van der Waals surface area (Å²) in [4.78, 5) is 0. The molecule has 1 saturated carbocycles. The maximum atomic E-state index is 12.0. The molecule has 0 aromatic heterocycles. The normalized spacial score (nSPS) is 31.4. The van der Waals surface area contributed by atoms with E-state index >= 15 is 0 Å². The molecule has 2 rings (SSSR count). The lowest BCUT2D eigenvalue weighted by atomic mass is 10.1. The molecule has 2 bridgehead atoms. The van der Waals surface area contributed by atoms with E-state index in [0.717, 1.165) is 12.8 Å². The molecule has 5 nitrogen and oxygen atoms in total. The third-order valence-corrected chi connectivity index (χ3v) is 5.14. The molecule has 2 unspecified atom stereocenters. The van der Waals surface area contributed by atoms with Crippen molar-refractivity contribution >= 4 is 22.6 Å². The summed E-state index contributed by atoms with van der Waals surface area (Å²) in [5, 5.41) is 0. The number of fused-ring (bicyclic) bond motifs is 2. The second-order valence-corrected chi connectivity index (χ2v) is 6.32. The molecule has 3 atom stereocenters. The van der Waals surface area contributed by atoms with Gasteiger partial charge in [-0.15, -0.1) is 12.4 Å². The summed E-state index contributed by atoms with van der Waals surface area (Å²) in [6, 6.07) is 0.0478. The van der Waals surface area contributed by atoms with Crippen molar-refractivity contribution in [3.8, 4) is 0 Å². The Kier molecular flexibility index (Phi) is 4.59. The first-order valence-electron chi connectivity index (χ1n) is 5.52. The molecule has 0 radical (unpaired) electrons. The highest BCUT2D eigenvalue weighted by Crippen LogP contribution is 2.38. The van der Waals surface area contributed by atoms with Crippen molar-refractivity contribution in [1.82, 2.24) is 9.03 Å². The van der Waals surface area contributed by atoms with Crippen LogP contribution in [0.4, 0.5) is 0 Å². The van der Waals surface area contributed by atoms with Gasteiger partial charge in [0.25, 0.3) is 10.2 Å². The van der Waals surface area contributed by atoms with E-state index in [9.17, 15) is 8.42 Å². The standard InChI is InChI=1S/C9H19N3O2S.ClH/c1-7(5-10)11-15(13,14)12-6-8-2-3-9(12)4-8;/h7-9,11H,2-6,10H2,1H3;1H/t7-,8?,9?;/m1./s1. The monoisotopic (exact) mass is 269 g/mol. The first-order chi connectivity index (χ1) is 7.03. The first-order valence-corrected chi connectivity index (χ1v) is 6.96. The number of piperidine rings is 1. The Bertz CT molecular complexity index is 336. The number of nitrogens with one attached hydrogen (secondary N) is 1. The number of nitrogens with zero attached hydrogens (tertiary/aromatic N) is 1. The van der Waals surface area contributed by atoms with Crippen molar-refractivity contribution in [2.45, 2.75) is 38.3 Å². The minimum Gasteiger partial charge on any atom is -0.329 e. The van der Waals surface area contributed by atoms with Gasteiger partial charge in [0.15, 0.2) is 0 Å². The zero-order valence-electron chi connectivity index (χ0n) is 9.43. The van der Waals surface area contributed by atoms with Crippen LogP contribution in [0, 0.1) is 5.92 Å². The lowest BCUT2D eigenvalue weighted by molar-refractivity contribution is 0.326. The summed E-state index contributed by atoms with van der Waals surface area (Å²) in [6.45, 7) is 2.81. The van der Waals surface area contributed by atoms with Crippen LogP contribution in [0.1, 0.15) is 26.2 Å². The highest BCUT2D eigenvalue weighted by Gasteiger charge is 2.43. The number of nitrogens with two attached hydrogens (primary N) is 1. The Morgan fingerprint density at radius 2 is 2.19 bits per heavy atom. The molecule has 0 aromatic carbocycles. The van der Waals surface area contributed by atoms with Gasteiger partial charge in [0, 0.05) is 25.2 Å². The van der Waals surface area contributed by atoms with Crippen molar-refractivity contribution in [3.63, 3.8) is 0 Å². The van der Waals surface area contributed by atoms with E-state index in [-0.39, 0.29) is 24.5 Å². The van der Waals surface area contributed by atoms with E-state index < -0.39 is 10.2 Å². The highest BCUT2D eigenvalue weighted by molar-refractivity contribution is 7.87. The predicted octanol–water partition coefficient (Wildman–Crippen LogP) is 0.0741. The molecule has 1 aliphatic heterocycles. The second kappa shape index (κ2) is 5.18. The molecule has 2 aliphatic rings. The predicted molar refractivity (Wildman–Crippen MR) is 65.7 cm³/mol. The van der Waals surface area contributed by atoms with Crippen LogP contribution in [0.2, 0.25) is 0 Å². The highest BCUT2D eigenvalue weighted by atomic mass is 35.5. The van der Waals surface area contributed by atoms with Gasteiger partial charge in [-0.05, 0) is 32.1 Å². The molecule has 1 heterocycles. The van der Waals surface area contributed by atoms with Crippen molar-refractivity contribution < 1.29 is 8.42 Å². The van der Waals surface area contributed by atoms with Crippen LogP contribution >= 0.6 is 12.4 Å². The maximum absolute atomic E-state index is 12.0. The number of halogens is 1. The lowest BCUT2D eigenvalue weighted by Gasteiger charge is -2.27. The fraction of sp³-hybridized carbons (Fsp3) is 1.00. The molecule has 16 heavy (non-hydrogen) atoms. The lowest BCUT2D eigenvalue weighted by Crippen LogP contribution is -2.49. The van der Waals surface area contributed by atoms with E-state index in [2.05, 4.69) is 4.72 Å². The largest absolute Gasteiger partial charge is 0.329 e. The zero-order valence-corrected chi connectivity index (χ0v) is 11.1. The third kappa shape index (κ3) is 2.68. The molecule has 0 aromatic rings. The summed E-state index contributed by atoms with van der Waals surface area (Å²) in [7, 11) is -3.30. The molecular formula is C9H20ClN3O2S. The van der Waals surface area contributed by atoms with E-state index in [1.807, 2.05) is 0 Å². The fourth-order valence-electron chi connectivity index (χ4n) is 2.54. The van der Waals surface area contributed by atoms with Gasteiger partial charge in [-0.2, -0.15) is 17.4 Å². The smallest absolute Gasteiger partial charge is 0.279 e. The van der Waals surface area contributed by atoms with Crippen molar-refractivity contribution in [2.24, 2.45) is 11.7 Å². The quantitative estimate of drug-likeness (QED) is 0.759. The average Bonchev–Trinajstić information content (AvgIpc) is 2.77. The molecule has 1 aliphatic carbocycles. The summed E-state index contributed by atoms with van der Waals surface area (Å²) < 4.78 is 28.1. The Hall–Kier alpha value is 0.120. The van der Waals surface area contributed by atoms with Crippen LogP contribution in [0.25, 0.3) is 0 Å². The Labute approximate surface area is 103 Å². The van der Waals surface area contributed by atoms with Gasteiger partial charge in [-0.1, -0.05) is 0 Å². The van der Waals surface area contributed by atoms with Gasteiger partial charge < -0.3 is 5.73 Å². The van der Waals surface area contributed by atoms with Crippen LogP contribution < -0.4 is 10.5 Å². The SMILES string of the molecule is C[C@H](CN)NS(=O)(=O)N1CC2CCC1C2.Cl. The molecule has 7 heteroatoms. The third-order valence-electron chi connectivity index (χ3n) is 3.37. The Morgan fingerprint density at radius 3 is 2.62 bits per heavy atom. The molecule has 3 N–H and O–H groups in total. The number of rotatable bonds is 4. The van der Waals surface area contributed by atoms with Gasteiger partial charge in [-0.25, -0.2) is 0 Å². The zero-order chi connectivity index (χ0) is 11.1. The topological polar surface area (TPSA) is 75.4 Å². The molecule has 0 spiro atoms. The van der Waals surface area contributed by atoms with Crippen LogP contribution in [0.5, 0.6) is 0 Å². The van der Waals surface area contributed by atoms with Gasteiger partial charge in [0.2, 0.25) is 0 Å². The van der Waals surface area contributed by atoms with E-state index in [1.54, 1.807) is 11.2 Å². The molecule has 96 valence electrons. The molecular weight excluding hydrogens is 250 g/mol. The van der Waals surface area contributed by atoms with Crippen molar-refractivity contribution in [3.05, 3.63) is 0 Å². The van der Waals surface area contributed by atoms with Gasteiger partial charge in [0.1, 0.15) is 0 Å². The number of hydrogen-bond acceptors (Lipinski definition) is 3. The Balaban J connectivity index is 0.00000128. The summed E-state index contributed by atoms with van der Waals surface area (Å²) in [5.74, 6) is 0.583. The fourth-order valence-corrected chi connectivity index (χ4v) is 4.28. The van der Waals surface area contributed by atoms with Crippen LogP contribution in [0.15, 0.2) is 0 Å². The minimum atomic E-state index is -3.30. The van der Waals surface area contributed by atoms with Gasteiger partial charge >= 0.3 is 0 Å². The summed E-state index contributed by atoms with van der Waals surface area (Å²) in [5.41, 5.74) is 5.41. The average molecular weight is 270 g/mol. The first kappa shape index (κ1) is 14.2. The van der Waals surface area contributed by atoms with E-state index in [0.29, 0.717) is 19.0 Å². The van der Waals surface area contributed by atoms with Crippen molar-refractivity contribution in [2.75, 3.05) is 13.1 Å². The summed E-state index contributed by atoms with van der Waals surface area (Å²) in [6.07, 6.45) is 3.24. The van der Waals surface area contributed by atoms with Gasteiger partial charge in [-0.3, -0.25) is 0 Å². The van der Waals surface area contributed by atoms with E-state index in [1.165, 1.54) is 6.42 Å².